The summed E-state index contributed by atoms with van der Waals surface area (Å²) >= 11 is 0. The summed E-state index contributed by atoms with van der Waals surface area (Å²) in [5.74, 6) is 1.11. The summed E-state index contributed by atoms with van der Waals surface area (Å²) in [7, 11) is 0. The molecule has 4 N–H and O–H groups in total. The molecule has 0 aliphatic rings. The fourth-order valence-corrected chi connectivity index (χ4v) is 1.32. The van der Waals surface area contributed by atoms with Gasteiger partial charge in [0, 0.05) is 19.0 Å². The van der Waals surface area contributed by atoms with Crippen molar-refractivity contribution < 1.29 is 9.73 Å². The highest BCUT2D eigenvalue weighted by Crippen LogP contribution is 2.01. The lowest BCUT2D eigenvalue weighted by Gasteiger charge is -2.01. The molecule has 0 bridgehead atoms. The summed E-state index contributed by atoms with van der Waals surface area (Å²) in [6.45, 7) is 3.46. The highest BCUT2D eigenvalue weighted by atomic mass is 16.5. The number of nitrogens with one attached hydrogen (secondary N) is 1. The van der Waals surface area contributed by atoms with Crippen LogP contribution in [0.5, 0.6) is 0 Å². The molecule has 90 valence electrons. The third kappa shape index (κ3) is 4.79. The molecule has 0 saturated carbocycles. The standard InChI is InChI=1S/C10H18N4O2/c1-8-6-9(14-16-8)7-12-5-3-2-4-10(11)13-15/h6,12,15H,2-5,7H2,1H3,(H2,11,13). The predicted octanol–water partition coefficient (Wildman–Crippen LogP) is 0.989. The Morgan fingerprint density at radius 2 is 2.44 bits per heavy atom. The lowest BCUT2D eigenvalue weighted by Crippen LogP contribution is -2.16. The van der Waals surface area contributed by atoms with Gasteiger partial charge < -0.3 is 20.8 Å². The summed E-state index contributed by atoms with van der Waals surface area (Å²) in [5.41, 5.74) is 6.25. The number of hydrogen-bond acceptors (Lipinski definition) is 5. The maximum Gasteiger partial charge on any atom is 0.139 e. The minimum Gasteiger partial charge on any atom is -0.409 e. The molecule has 16 heavy (non-hydrogen) atoms. The smallest absolute Gasteiger partial charge is 0.139 e. The molecule has 0 fully saturated rings. The van der Waals surface area contributed by atoms with Gasteiger partial charge >= 0.3 is 0 Å². The molecule has 0 aliphatic heterocycles. The maximum atomic E-state index is 8.32. The number of nitrogens with two attached hydrogens (primary N) is 1. The minimum absolute atomic E-state index is 0.284. The molecule has 0 radical (unpaired) electrons. The molecule has 0 aliphatic carbocycles. The van der Waals surface area contributed by atoms with E-state index in [9.17, 15) is 0 Å². The van der Waals surface area contributed by atoms with Crippen LogP contribution in [0.3, 0.4) is 0 Å². The van der Waals surface area contributed by atoms with Gasteiger partial charge in [0.25, 0.3) is 0 Å². The molecular weight excluding hydrogens is 208 g/mol. The van der Waals surface area contributed by atoms with Crippen LogP contribution < -0.4 is 11.1 Å². The molecule has 1 aromatic heterocycles. The van der Waals surface area contributed by atoms with Crippen LogP contribution in [-0.2, 0) is 6.54 Å². The maximum absolute atomic E-state index is 8.32. The number of amidine groups is 1. The molecule has 0 aromatic carbocycles. The molecule has 0 saturated heterocycles. The Kier molecular flexibility index (Phi) is 5.35. The molecule has 0 unspecified atom stereocenters. The summed E-state index contributed by atoms with van der Waals surface area (Å²) in [6.07, 6.45) is 2.51. The van der Waals surface area contributed by atoms with Gasteiger partial charge in [0.2, 0.25) is 0 Å². The molecule has 0 spiro atoms. The molecule has 6 nitrogen and oxygen atoms in total. The van der Waals surface area contributed by atoms with E-state index in [1.807, 2.05) is 13.0 Å². The van der Waals surface area contributed by atoms with E-state index in [0.29, 0.717) is 13.0 Å². The van der Waals surface area contributed by atoms with Gasteiger partial charge in [0.15, 0.2) is 0 Å². The Hall–Kier alpha value is -1.56. The van der Waals surface area contributed by atoms with E-state index in [1.165, 1.54) is 0 Å². The van der Waals surface area contributed by atoms with Crippen molar-refractivity contribution in [3.63, 3.8) is 0 Å². The zero-order valence-corrected chi connectivity index (χ0v) is 9.44. The van der Waals surface area contributed by atoms with Crippen LogP contribution in [0, 0.1) is 6.92 Å². The van der Waals surface area contributed by atoms with Gasteiger partial charge in [0.1, 0.15) is 11.6 Å². The van der Waals surface area contributed by atoms with Gasteiger partial charge in [0.05, 0.1) is 5.69 Å². The average molecular weight is 226 g/mol. The number of aromatic nitrogens is 1. The normalized spacial score (nSPS) is 11.9. The molecule has 6 heteroatoms. The van der Waals surface area contributed by atoms with E-state index in [1.54, 1.807) is 0 Å². The third-order valence-corrected chi connectivity index (χ3v) is 2.15. The Morgan fingerprint density at radius 3 is 3.06 bits per heavy atom. The van der Waals surface area contributed by atoms with Gasteiger partial charge in [-0.25, -0.2) is 0 Å². The number of oxime groups is 1. The van der Waals surface area contributed by atoms with E-state index in [2.05, 4.69) is 15.6 Å². The summed E-state index contributed by atoms with van der Waals surface area (Å²) in [5, 5.41) is 18.3. The van der Waals surface area contributed by atoms with Gasteiger partial charge in [-0.2, -0.15) is 0 Å². The van der Waals surface area contributed by atoms with E-state index in [-0.39, 0.29) is 5.84 Å². The first-order chi connectivity index (χ1) is 7.72. The number of aryl methyl sites for hydroxylation is 1. The Labute approximate surface area is 94.5 Å². The van der Waals surface area contributed by atoms with Crippen molar-refractivity contribution in [2.45, 2.75) is 32.7 Å². The number of hydrogen-bond donors (Lipinski definition) is 3. The molecule has 1 aromatic rings. The van der Waals surface area contributed by atoms with Gasteiger partial charge in [-0.1, -0.05) is 10.3 Å². The first-order valence-electron chi connectivity index (χ1n) is 5.31. The highest BCUT2D eigenvalue weighted by molar-refractivity contribution is 5.79. The third-order valence-electron chi connectivity index (χ3n) is 2.15. The van der Waals surface area contributed by atoms with Crippen molar-refractivity contribution in [2.24, 2.45) is 10.9 Å². The monoisotopic (exact) mass is 226 g/mol. The summed E-state index contributed by atoms with van der Waals surface area (Å²) < 4.78 is 4.94. The minimum atomic E-state index is 0.284. The van der Waals surface area contributed by atoms with Crippen LogP contribution in [0.25, 0.3) is 0 Å². The SMILES string of the molecule is Cc1cc(CNCCCCC(N)=NO)no1. The second-order valence-electron chi connectivity index (χ2n) is 3.65. The largest absolute Gasteiger partial charge is 0.409 e. The molecule has 0 atom stereocenters. The van der Waals surface area contributed by atoms with E-state index < -0.39 is 0 Å². The highest BCUT2D eigenvalue weighted by Gasteiger charge is 1.99. The zero-order valence-electron chi connectivity index (χ0n) is 9.44. The second kappa shape index (κ2) is 6.84. The van der Waals surface area contributed by atoms with Crippen molar-refractivity contribution in [1.82, 2.24) is 10.5 Å². The van der Waals surface area contributed by atoms with Crippen LogP contribution in [-0.4, -0.2) is 22.7 Å². The zero-order chi connectivity index (χ0) is 11.8. The topological polar surface area (TPSA) is 96.7 Å². The Morgan fingerprint density at radius 1 is 1.62 bits per heavy atom. The lowest BCUT2D eigenvalue weighted by atomic mass is 10.2. The van der Waals surface area contributed by atoms with Crippen LogP contribution in [0.4, 0.5) is 0 Å². The quantitative estimate of drug-likeness (QED) is 0.212. The molecule has 0 amide bonds. The Bertz CT molecular complexity index is 335. The van der Waals surface area contributed by atoms with Crippen LogP contribution in [0.1, 0.15) is 30.7 Å². The number of nitrogens with zero attached hydrogens (tertiary/aromatic N) is 2. The first kappa shape index (κ1) is 12.5. The Balaban J connectivity index is 2.00. The van der Waals surface area contributed by atoms with Crippen molar-refractivity contribution in [3.8, 4) is 0 Å². The number of rotatable bonds is 7. The van der Waals surface area contributed by atoms with Gasteiger partial charge in [-0.3, -0.25) is 0 Å². The van der Waals surface area contributed by atoms with Crippen LogP contribution in [0.15, 0.2) is 15.7 Å². The average Bonchev–Trinajstić information content (AvgIpc) is 2.69. The van der Waals surface area contributed by atoms with E-state index in [0.717, 1.165) is 30.8 Å². The molecular formula is C10H18N4O2. The second-order valence-corrected chi connectivity index (χ2v) is 3.65. The van der Waals surface area contributed by atoms with Crippen LogP contribution in [0.2, 0.25) is 0 Å². The number of unbranched alkanes of at least 4 members (excludes halogenated alkanes) is 1. The summed E-state index contributed by atoms with van der Waals surface area (Å²) in [6, 6.07) is 1.91. The van der Waals surface area contributed by atoms with Crippen molar-refractivity contribution in [2.75, 3.05) is 6.54 Å². The van der Waals surface area contributed by atoms with Crippen molar-refractivity contribution in [1.29, 1.82) is 0 Å². The molecule has 1 heterocycles. The summed E-state index contributed by atoms with van der Waals surface area (Å²) in [4.78, 5) is 0. The van der Waals surface area contributed by atoms with E-state index in [4.69, 9.17) is 15.5 Å². The van der Waals surface area contributed by atoms with Gasteiger partial charge in [-0.15, -0.1) is 0 Å². The fraction of sp³-hybridized carbons (Fsp3) is 0.600. The molecule has 1 rings (SSSR count). The van der Waals surface area contributed by atoms with Crippen molar-refractivity contribution in [3.05, 3.63) is 17.5 Å². The van der Waals surface area contributed by atoms with Gasteiger partial charge in [-0.05, 0) is 26.3 Å². The first-order valence-corrected chi connectivity index (χ1v) is 5.31. The fourth-order valence-electron chi connectivity index (χ4n) is 1.32. The lowest BCUT2D eigenvalue weighted by molar-refractivity contribution is 0.316. The van der Waals surface area contributed by atoms with Crippen LogP contribution >= 0.6 is 0 Å². The predicted molar refractivity (Wildman–Crippen MR) is 60.2 cm³/mol. The van der Waals surface area contributed by atoms with E-state index >= 15 is 0 Å². The van der Waals surface area contributed by atoms with Crippen molar-refractivity contribution >= 4 is 5.84 Å².